The van der Waals surface area contributed by atoms with Crippen LogP contribution in [0.1, 0.15) is 32.1 Å². The lowest BCUT2D eigenvalue weighted by Crippen LogP contribution is -2.47. The van der Waals surface area contributed by atoms with E-state index in [2.05, 4.69) is 10.6 Å². The number of nitrogens with one attached hydrogen (secondary N) is 2. The molecule has 4 amide bonds. The first-order chi connectivity index (χ1) is 12.9. The highest BCUT2D eigenvalue weighted by Gasteiger charge is 2.20. The van der Waals surface area contributed by atoms with Crippen molar-refractivity contribution in [2.45, 2.75) is 38.1 Å². The monoisotopic (exact) mass is 389 g/mol. The standard InChI is InChI=1S/C16H31N5O6/c17-6-2-1-3-12(21-15(24)5-4-13(18)22)16(25)20-7-8-26-9-10-27-11-14(19)23/h12H,1-11,17H2,(H2,18,22)(H2,19,23)(H,20,25)(H,21,24). The van der Waals surface area contributed by atoms with Gasteiger partial charge in [-0.15, -0.1) is 0 Å². The molecule has 0 aliphatic heterocycles. The molecule has 1 atom stereocenters. The minimum atomic E-state index is -0.712. The Balaban J connectivity index is 4.12. The SMILES string of the molecule is NCCCCC(NC(=O)CCC(N)=O)C(=O)NCCOCCOCC(N)=O. The van der Waals surface area contributed by atoms with Gasteiger partial charge in [0.05, 0.1) is 19.8 Å². The molecule has 156 valence electrons. The van der Waals surface area contributed by atoms with Crippen molar-refractivity contribution in [2.24, 2.45) is 17.2 Å². The van der Waals surface area contributed by atoms with Gasteiger partial charge in [-0.2, -0.15) is 0 Å². The molecular weight excluding hydrogens is 358 g/mol. The average molecular weight is 389 g/mol. The van der Waals surface area contributed by atoms with Gasteiger partial charge in [-0.3, -0.25) is 19.2 Å². The van der Waals surface area contributed by atoms with Gasteiger partial charge in [0, 0.05) is 19.4 Å². The summed E-state index contributed by atoms with van der Waals surface area (Å²) < 4.78 is 10.2. The zero-order valence-corrected chi connectivity index (χ0v) is 15.5. The zero-order valence-electron chi connectivity index (χ0n) is 15.5. The third-order valence-electron chi connectivity index (χ3n) is 3.36. The Morgan fingerprint density at radius 2 is 1.59 bits per heavy atom. The largest absolute Gasteiger partial charge is 0.377 e. The van der Waals surface area contributed by atoms with Crippen LogP contribution < -0.4 is 27.8 Å². The third-order valence-corrected chi connectivity index (χ3v) is 3.36. The summed E-state index contributed by atoms with van der Waals surface area (Å²) in [7, 11) is 0. The Morgan fingerprint density at radius 3 is 2.22 bits per heavy atom. The number of rotatable bonds is 17. The molecule has 0 aliphatic rings. The van der Waals surface area contributed by atoms with E-state index in [4.69, 9.17) is 26.7 Å². The van der Waals surface area contributed by atoms with Crippen molar-refractivity contribution in [1.82, 2.24) is 10.6 Å². The van der Waals surface area contributed by atoms with E-state index in [9.17, 15) is 19.2 Å². The second-order valence-corrected chi connectivity index (χ2v) is 5.79. The molecule has 1 unspecified atom stereocenters. The molecule has 0 saturated carbocycles. The molecule has 0 aromatic carbocycles. The first-order valence-electron chi connectivity index (χ1n) is 8.86. The van der Waals surface area contributed by atoms with Crippen molar-refractivity contribution >= 4 is 23.6 Å². The summed E-state index contributed by atoms with van der Waals surface area (Å²) in [5.41, 5.74) is 15.4. The number of carbonyl (C=O) groups excluding carboxylic acids is 4. The van der Waals surface area contributed by atoms with E-state index in [1.54, 1.807) is 0 Å². The van der Waals surface area contributed by atoms with E-state index in [1.807, 2.05) is 0 Å². The molecule has 0 spiro atoms. The minimum absolute atomic E-state index is 0.0651. The molecular formula is C16H31N5O6. The van der Waals surface area contributed by atoms with Crippen molar-refractivity contribution in [1.29, 1.82) is 0 Å². The van der Waals surface area contributed by atoms with Crippen molar-refractivity contribution in [3.63, 3.8) is 0 Å². The number of unbranched alkanes of at least 4 members (excludes halogenated alkanes) is 1. The minimum Gasteiger partial charge on any atom is -0.377 e. The Labute approximate surface area is 158 Å². The maximum absolute atomic E-state index is 12.2. The number of hydrogen-bond acceptors (Lipinski definition) is 7. The number of nitrogens with two attached hydrogens (primary N) is 3. The Hall–Kier alpha value is -2.24. The summed E-state index contributed by atoms with van der Waals surface area (Å²) >= 11 is 0. The summed E-state index contributed by atoms with van der Waals surface area (Å²) in [5.74, 6) is -1.88. The van der Waals surface area contributed by atoms with E-state index in [-0.39, 0.29) is 51.7 Å². The molecule has 0 aromatic rings. The maximum Gasteiger partial charge on any atom is 0.243 e. The van der Waals surface area contributed by atoms with Crippen LogP contribution in [0.15, 0.2) is 0 Å². The van der Waals surface area contributed by atoms with Crippen LogP contribution >= 0.6 is 0 Å². The molecule has 8 N–H and O–H groups in total. The molecule has 11 nitrogen and oxygen atoms in total. The molecule has 11 heteroatoms. The number of primary amides is 2. The molecule has 0 bridgehead atoms. The lowest BCUT2D eigenvalue weighted by Gasteiger charge is -2.18. The smallest absolute Gasteiger partial charge is 0.243 e. The summed E-state index contributed by atoms with van der Waals surface area (Å²) in [6.07, 6.45) is 1.71. The van der Waals surface area contributed by atoms with E-state index in [0.717, 1.165) is 6.42 Å². The fourth-order valence-electron chi connectivity index (χ4n) is 2.03. The topological polar surface area (TPSA) is 189 Å². The Bertz CT molecular complexity index is 474. The van der Waals surface area contributed by atoms with Gasteiger partial charge in [0.2, 0.25) is 23.6 Å². The normalized spacial score (nSPS) is 11.6. The number of hydrogen-bond donors (Lipinski definition) is 5. The van der Waals surface area contributed by atoms with Gasteiger partial charge >= 0.3 is 0 Å². The third kappa shape index (κ3) is 15.7. The summed E-state index contributed by atoms with van der Waals surface area (Å²) in [6.45, 7) is 1.30. The van der Waals surface area contributed by atoms with Crippen LogP contribution in [-0.4, -0.2) is 69.2 Å². The number of amides is 4. The lowest BCUT2D eigenvalue weighted by atomic mass is 10.1. The molecule has 0 rings (SSSR count). The van der Waals surface area contributed by atoms with Crippen molar-refractivity contribution in [3.8, 4) is 0 Å². The van der Waals surface area contributed by atoms with Crippen LogP contribution in [0.4, 0.5) is 0 Å². The molecule has 0 aliphatic carbocycles. The highest BCUT2D eigenvalue weighted by molar-refractivity contribution is 5.89. The quantitative estimate of drug-likeness (QED) is 0.170. The zero-order chi connectivity index (χ0) is 20.5. The predicted molar refractivity (Wildman–Crippen MR) is 97.1 cm³/mol. The molecule has 0 heterocycles. The van der Waals surface area contributed by atoms with Gasteiger partial charge in [-0.1, -0.05) is 0 Å². The first kappa shape index (κ1) is 24.8. The van der Waals surface area contributed by atoms with Gasteiger partial charge in [0.15, 0.2) is 0 Å². The molecule has 0 fully saturated rings. The maximum atomic E-state index is 12.2. The second-order valence-electron chi connectivity index (χ2n) is 5.79. The van der Waals surface area contributed by atoms with Crippen LogP contribution in [0.3, 0.4) is 0 Å². The summed E-state index contributed by atoms with van der Waals surface area (Å²) in [4.78, 5) is 45.3. The molecule has 0 aromatic heterocycles. The lowest BCUT2D eigenvalue weighted by molar-refractivity contribution is -0.130. The fraction of sp³-hybridized carbons (Fsp3) is 0.750. The van der Waals surface area contributed by atoms with Gasteiger partial charge in [-0.25, -0.2) is 0 Å². The fourth-order valence-corrected chi connectivity index (χ4v) is 2.03. The summed E-state index contributed by atoms with van der Waals surface area (Å²) in [5, 5.41) is 5.28. The summed E-state index contributed by atoms with van der Waals surface area (Å²) in [6, 6.07) is -0.712. The highest BCUT2D eigenvalue weighted by atomic mass is 16.5. The van der Waals surface area contributed by atoms with Gasteiger partial charge < -0.3 is 37.3 Å². The van der Waals surface area contributed by atoms with Crippen molar-refractivity contribution in [2.75, 3.05) is 39.5 Å². The van der Waals surface area contributed by atoms with Crippen molar-refractivity contribution < 1.29 is 28.7 Å². The van der Waals surface area contributed by atoms with E-state index < -0.39 is 23.8 Å². The highest BCUT2D eigenvalue weighted by Crippen LogP contribution is 2.02. The predicted octanol–water partition coefficient (Wildman–Crippen LogP) is -2.50. The van der Waals surface area contributed by atoms with Crippen LogP contribution in [0.5, 0.6) is 0 Å². The number of ether oxygens (including phenoxy) is 2. The Kier molecular flexibility index (Phi) is 14.6. The molecule has 27 heavy (non-hydrogen) atoms. The second kappa shape index (κ2) is 16.0. The van der Waals surface area contributed by atoms with Crippen LogP contribution in [0.25, 0.3) is 0 Å². The van der Waals surface area contributed by atoms with E-state index in [1.165, 1.54) is 0 Å². The Morgan fingerprint density at radius 1 is 0.889 bits per heavy atom. The van der Waals surface area contributed by atoms with E-state index >= 15 is 0 Å². The number of carbonyl (C=O) groups is 4. The average Bonchev–Trinajstić information content (AvgIpc) is 2.61. The van der Waals surface area contributed by atoms with Gasteiger partial charge in [-0.05, 0) is 25.8 Å². The van der Waals surface area contributed by atoms with Crippen LogP contribution in [0.2, 0.25) is 0 Å². The van der Waals surface area contributed by atoms with Crippen molar-refractivity contribution in [3.05, 3.63) is 0 Å². The van der Waals surface area contributed by atoms with Crippen LogP contribution in [0, 0.1) is 0 Å². The molecule has 0 radical (unpaired) electrons. The van der Waals surface area contributed by atoms with Gasteiger partial charge in [0.25, 0.3) is 0 Å². The first-order valence-corrected chi connectivity index (χ1v) is 8.86. The molecule has 0 saturated heterocycles. The van der Waals surface area contributed by atoms with E-state index in [0.29, 0.717) is 19.4 Å². The van der Waals surface area contributed by atoms with Crippen LogP contribution in [-0.2, 0) is 28.7 Å². The van der Waals surface area contributed by atoms with Gasteiger partial charge in [0.1, 0.15) is 12.6 Å².